The van der Waals surface area contributed by atoms with Crippen molar-refractivity contribution in [1.29, 1.82) is 0 Å². The molecule has 5 aromatic rings. The van der Waals surface area contributed by atoms with Gasteiger partial charge in [0.2, 0.25) is 0 Å². The lowest BCUT2D eigenvalue weighted by Crippen LogP contribution is -2.33. The number of ether oxygens (including phenoxy) is 1. The van der Waals surface area contributed by atoms with E-state index in [-0.39, 0.29) is 17.9 Å². The average molecular weight is 514 g/mol. The van der Waals surface area contributed by atoms with Crippen LogP contribution in [-0.2, 0) is 22.1 Å². The van der Waals surface area contributed by atoms with Crippen LogP contribution in [0.1, 0.15) is 18.3 Å². The number of nitrogens with zero attached hydrogens (tertiary/aromatic N) is 2. The van der Waals surface area contributed by atoms with Crippen LogP contribution in [-0.4, -0.2) is 22.0 Å². The van der Waals surface area contributed by atoms with Crippen molar-refractivity contribution >= 4 is 45.4 Å². The van der Waals surface area contributed by atoms with Gasteiger partial charge in [-0.3, -0.25) is 14.0 Å². The molecule has 36 heavy (non-hydrogen) atoms. The average Bonchev–Trinajstić information content (AvgIpc) is 3.31. The Morgan fingerprint density at radius 2 is 1.42 bits per heavy atom. The highest BCUT2D eigenvalue weighted by molar-refractivity contribution is 7.95. The van der Waals surface area contributed by atoms with Gasteiger partial charge in [-0.25, -0.2) is 4.98 Å². The van der Waals surface area contributed by atoms with E-state index in [2.05, 4.69) is 72.8 Å². The Labute approximate surface area is 214 Å². The first-order valence-electron chi connectivity index (χ1n) is 11.8. The maximum atomic E-state index is 13.3. The molecule has 0 saturated heterocycles. The summed E-state index contributed by atoms with van der Waals surface area (Å²) in [5, 5.41) is 5.52. The molecule has 0 fully saturated rings. The molecular formula is C29H26N2O3PS+. The maximum absolute atomic E-state index is 13.3. The zero-order valence-electron chi connectivity index (χ0n) is 19.9. The Bertz CT molecular complexity index is 1440. The fraction of sp³-hybridized carbons (Fsp3) is 0.138. The molecule has 0 aliphatic heterocycles. The summed E-state index contributed by atoms with van der Waals surface area (Å²) in [6.45, 7) is 2.08. The topological polar surface area (TPSA) is 60.7 Å². The summed E-state index contributed by atoms with van der Waals surface area (Å²) >= 11 is 1.37. The van der Waals surface area contributed by atoms with Crippen LogP contribution < -0.4 is 21.5 Å². The van der Waals surface area contributed by atoms with Gasteiger partial charge in [0.15, 0.2) is 4.96 Å². The summed E-state index contributed by atoms with van der Waals surface area (Å²) in [5.41, 5.74) is 1.17. The maximum Gasteiger partial charge on any atom is 0.311 e. The number of carbonyl (C=O) groups is 1. The standard InChI is InChI=1S/C29H26N2O3PS/c1-2-34-28(33)19-23-21-36-29-30-22(18-27(32)31(23)29)20-35(24-12-6-3-7-13-24,25-14-8-4-9-15-25)26-16-10-5-11-17-26/h3-18,21H,2,19-20H2,1H3/q+1. The Balaban J connectivity index is 1.67. The second-order valence-corrected chi connectivity index (χ2v) is 12.7. The van der Waals surface area contributed by atoms with E-state index in [0.29, 0.717) is 23.4 Å². The predicted molar refractivity (Wildman–Crippen MR) is 149 cm³/mol. The number of esters is 1. The van der Waals surface area contributed by atoms with Crippen LogP contribution in [0.5, 0.6) is 0 Å². The van der Waals surface area contributed by atoms with Crippen LogP contribution >= 0.6 is 18.6 Å². The Hall–Kier alpha value is -3.60. The van der Waals surface area contributed by atoms with E-state index in [4.69, 9.17) is 9.72 Å². The molecule has 0 aliphatic rings. The highest BCUT2D eigenvalue weighted by Crippen LogP contribution is 2.57. The highest BCUT2D eigenvalue weighted by Gasteiger charge is 2.46. The minimum Gasteiger partial charge on any atom is -0.466 e. The van der Waals surface area contributed by atoms with E-state index in [9.17, 15) is 9.59 Å². The van der Waals surface area contributed by atoms with E-state index in [0.717, 1.165) is 5.69 Å². The van der Waals surface area contributed by atoms with Gasteiger partial charge in [0.05, 0.1) is 18.7 Å². The van der Waals surface area contributed by atoms with E-state index in [1.165, 1.54) is 31.7 Å². The minimum atomic E-state index is -2.18. The third-order valence-electron chi connectivity index (χ3n) is 6.15. The Morgan fingerprint density at radius 3 is 1.92 bits per heavy atom. The smallest absolute Gasteiger partial charge is 0.311 e. The molecule has 0 bridgehead atoms. The van der Waals surface area contributed by atoms with Crippen molar-refractivity contribution in [3.05, 3.63) is 124 Å². The quantitative estimate of drug-likeness (QED) is 0.229. The highest BCUT2D eigenvalue weighted by atomic mass is 32.1. The third kappa shape index (κ3) is 4.62. The number of hydrogen-bond donors (Lipinski definition) is 0. The SMILES string of the molecule is CCOC(=O)Cc1csc2nc(C[P+](c3ccccc3)(c3ccccc3)c3ccccc3)cc(=O)n12. The zero-order chi connectivity index (χ0) is 25.0. The van der Waals surface area contributed by atoms with Gasteiger partial charge in [-0.15, -0.1) is 11.3 Å². The van der Waals surface area contributed by atoms with Crippen molar-refractivity contribution in [2.45, 2.75) is 19.5 Å². The molecule has 5 nitrogen and oxygen atoms in total. The van der Waals surface area contributed by atoms with Gasteiger partial charge in [0, 0.05) is 17.1 Å². The van der Waals surface area contributed by atoms with Crippen LogP contribution in [0.4, 0.5) is 0 Å². The Morgan fingerprint density at radius 1 is 0.889 bits per heavy atom. The summed E-state index contributed by atoms with van der Waals surface area (Å²) < 4.78 is 6.60. The number of rotatable bonds is 8. The molecule has 0 amide bonds. The number of hydrogen-bond acceptors (Lipinski definition) is 5. The molecule has 0 N–H and O–H groups in total. The molecule has 0 saturated carbocycles. The van der Waals surface area contributed by atoms with Crippen molar-refractivity contribution in [2.24, 2.45) is 0 Å². The van der Waals surface area contributed by atoms with Crippen molar-refractivity contribution < 1.29 is 9.53 Å². The van der Waals surface area contributed by atoms with Crippen LogP contribution in [0.15, 0.2) is 107 Å². The number of fused-ring (bicyclic) bond motifs is 1. The fourth-order valence-electron chi connectivity index (χ4n) is 4.60. The van der Waals surface area contributed by atoms with Gasteiger partial charge in [-0.2, -0.15) is 0 Å². The first-order valence-corrected chi connectivity index (χ1v) is 14.7. The molecule has 0 radical (unpaired) electrons. The van der Waals surface area contributed by atoms with Crippen LogP contribution in [0.25, 0.3) is 4.96 Å². The van der Waals surface area contributed by atoms with Crippen molar-refractivity contribution in [2.75, 3.05) is 6.61 Å². The molecule has 5 rings (SSSR count). The van der Waals surface area contributed by atoms with Gasteiger partial charge in [0.1, 0.15) is 29.3 Å². The molecule has 2 heterocycles. The Kier molecular flexibility index (Phi) is 7.08. The van der Waals surface area contributed by atoms with E-state index in [1.807, 2.05) is 23.6 Å². The lowest BCUT2D eigenvalue weighted by Gasteiger charge is -2.27. The molecule has 2 aromatic heterocycles. The monoisotopic (exact) mass is 513 g/mol. The van der Waals surface area contributed by atoms with Gasteiger partial charge in [-0.05, 0) is 43.3 Å². The van der Waals surface area contributed by atoms with Crippen LogP contribution in [0.3, 0.4) is 0 Å². The summed E-state index contributed by atoms with van der Waals surface area (Å²) in [7, 11) is -2.18. The first-order chi connectivity index (χ1) is 17.6. The van der Waals surface area contributed by atoms with Gasteiger partial charge >= 0.3 is 5.97 Å². The number of carbonyl (C=O) groups excluding carboxylic acids is 1. The molecule has 3 aromatic carbocycles. The second kappa shape index (κ2) is 10.6. The molecule has 180 valence electrons. The number of thiazole rings is 1. The predicted octanol–water partition coefficient (Wildman–Crippen LogP) is 4.36. The molecular weight excluding hydrogens is 487 g/mol. The zero-order valence-corrected chi connectivity index (χ0v) is 21.6. The normalized spacial score (nSPS) is 11.5. The molecule has 0 atom stereocenters. The first kappa shape index (κ1) is 24.1. The lowest BCUT2D eigenvalue weighted by atomic mass is 10.3. The summed E-state index contributed by atoms with van der Waals surface area (Å²) in [4.78, 5) is 30.9. The second-order valence-electron chi connectivity index (χ2n) is 8.39. The summed E-state index contributed by atoms with van der Waals surface area (Å²) in [6.07, 6.45) is 0.658. The van der Waals surface area contributed by atoms with Gasteiger partial charge in [-0.1, -0.05) is 54.6 Å². The largest absolute Gasteiger partial charge is 0.466 e. The third-order valence-corrected chi connectivity index (χ3v) is 11.4. The number of aromatic nitrogens is 2. The van der Waals surface area contributed by atoms with Crippen molar-refractivity contribution in [1.82, 2.24) is 9.38 Å². The van der Waals surface area contributed by atoms with Gasteiger partial charge < -0.3 is 4.74 Å². The van der Waals surface area contributed by atoms with Crippen molar-refractivity contribution in [3.63, 3.8) is 0 Å². The van der Waals surface area contributed by atoms with Crippen LogP contribution in [0.2, 0.25) is 0 Å². The molecule has 0 spiro atoms. The van der Waals surface area contributed by atoms with Crippen LogP contribution in [0, 0.1) is 0 Å². The lowest BCUT2D eigenvalue weighted by molar-refractivity contribution is -0.142. The summed E-state index contributed by atoms with van der Waals surface area (Å²) in [5.74, 6) is -0.352. The molecule has 0 aliphatic carbocycles. The van der Waals surface area contributed by atoms with Crippen molar-refractivity contribution in [3.8, 4) is 0 Å². The molecule has 0 unspecified atom stereocenters. The van der Waals surface area contributed by atoms with Gasteiger partial charge in [0.25, 0.3) is 5.56 Å². The molecule has 7 heteroatoms. The fourth-order valence-corrected chi connectivity index (χ4v) is 9.64. The summed E-state index contributed by atoms with van der Waals surface area (Å²) in [6, 6.07) is 33.2. The number of benzene rings is 3. The van der Waals surface area contributed by atoms with E-state index < -0.39 is 7.26 Å². The minimum absolute atomic E-state index is 0.0454. The van der Waals surface area contributed by atoms with E-state index >= 15 is 0 Å². The van der Waals surface area contributed by atoms with E-state index in [1.54, 1.807) is 13.0 Å².